The number of phenols is 2. The Hall–Kier alpha value is -2.16. The summed E-state index contributed by atoms with van der Waals surface area (Å²) in [5, 5.41) is 20.5. The van der Waals surface area contributed by atoms with E-state index in [1.54, 1.807) is 0 Å². The van der Waals surface area contributed by atoms with E-state index in [4.69, 9.17) is 4.42 Å². The van der Waals surface area contributed by atoms with Crippen LogP contribution >= 0.6 is 0 Å². The summed E-state index contributed by atoms with van der Waals surface area (Å²) in [6.07, 6.45) is 0. The molecule has 15 heavy (non-hydrogen) atoms. The molecule has 74 valence electrons. The van der Waals surface area contributed by atoms with Crippen LogP contribution in [0.25, 0.3) is 21.9 Å². The molecule has 0 radical (unpaired) electrons. The lowest BCUT2D eigenvalue weighted by atomic mass is 10.1. The Bertz CT molecular complexity index is 652. The minimum Gasteiger partial charge on any atom is -0.504 e. The third kappa shape index (κ3) is 1.06. The third-order valence-electron chi connectivity index (χ3n) is 2.47. The van der Waals surface area contributed by atoms with E-state index in [1.165, 1.54) is 12.1 Å². The number of benzene rings is 2. The zero-order chi connectivity index (χ0) is 10.4. The highest BCUT2D eigenvalue weighted by Gasteiger charge is 2.09. The van der Waals surface area contributed by atoms with Gasteiger partial charge in [-0.05, 0) is 12.1 Å². The topological polar surface area (TPSA) is 53.6 Å². The molecule has 0 saturated heterocycles. The molecule has 1 heterocycles. The normalized spacial score (nSPS) is 11.2. The fraction of sp³-hybridized carbons (Fsp3) is 0. The van der Waals surface area contributed by atoms with Crippen molar-refractivity contribution < 1.29 is 14.6 Å². The maximum absolute atomic E-state index is 9.40. The van der Waals surface area contributed by atoms with Crippen LogP contribution in [0.5, 0.6) is 11.5 Å². The molecule has 0 aliphatic rings. The van der Waals surface area contributed by atoms with Gasteiger partial charge in [0.05, 0.1) is 0 Å². The average Bonchev–Trinajstić information content (AvgIpc) is 2.57. The van der Waals surface area contributed by atoms with Crippen molar-refractivity contribution in [1.29, 1.82) is 0 Å². The lowest BCUT2D eigenvalue weighted by Gasteiger charge is -1.95. The zero-order valence-corrected chi connectivity index (χ0v) is 7.77. The van der Waals surface area contributed by atoms with Crippen molar-refractivity contribution in [1.82, 2.24) is 0 Å². The van der Waals surface area contributed by atoms with Crippen molar-refractivity contribution in [3.63, 3.8) is 0 Å². The van der Waals surface area contributed by atoms with E-state index in [9.17, 15) is 10.2 Å². The molecule has 0 fully saturated rings. The van der Waals surface area contributed by atoms with Gasteiger partial charge in [-0.25, -0.2) is 0 Å². The summed E-state index contributed by atoms with van der Waals surface area (Å²) in [5.41, 5.74) is 1.32. The van der Waals surface area contributed by atoms with Crippen LogP contribution in [-0.4, -0.2) is 10.2 Å². The van der Waals surface area contributed by atoms with Gasteiger partial charge in [-0.1, -0.05) is 18.2 Å². The van der Waals surface area contributed by atoms with Crippen LogP contribution in [0.3, 0.4) is 0 Å². The molecular weight excluding hydrogens is 192 g/mol. The summed E-state index contributed by atoms with van der Waals surface area (Å²) in [6.45, 7) is 0. The largest absolute Gasteiger partial charge is 0.504 e. The van der Waals surface area contributed by atoms with Gasteiger partial charge in [0.15, 0.2) is 11.5 Å². The molecule has 0 spiro atoms. The van der Waals surface area contributed by atoms with Gasteiger partial charge in [0.2, 0.25) is 0 Å². The summed E-state index contributed by atoms with van der Waals surface area (Å²) < 4.78 is 5.52. The summed E-state index contributed by atoms with van der Waals surface area (Å²) in [5.74, 6) is -0.296. The highest BCUT2D eigenvalue weighted by molar-refractivity contribution is 6.05. The molecule has 0 aliphatic carbocycles. The number of hydrogen-bond acceptors (Lipinski definition) is 3. The van der Waals surface area contributed by atoms with Crippen molar-refractivity contribution >= 4 is 21.9 Å². The minimum absolute atomic E-state index is 0.131. The average molecular weight is 200 g/mol. The van der Waals surface area contributed by atoms with Gasteiger partial charge in [0, 0.05) is 16.8 Å². The van der Waals surface area contributed by atoms with Crippen molar-refractivity contribution in [3.05, 3.63) is 36.4 Å². The number of aromatic hydroxyl groups is 2. The zero-order valence-electron chi connectivity index (χ0n) is 7.77. The van der Waals surface area contributed by atoms with Gasteiger partial charge < -0.3 is 14.6 Å². The number of furan rings is 1. The van der Waals surface area contributed by atoms with Crippen LogP contribution in [0.1, 0.15) is 0 Å². The Morgan fingerprint density at radius 2 is 1.53 bits per heavy atom. The van der Waals surface area contributed by atoms with Crippen LogP contribution in [0, 0.1) is 0 Å². The molecule has 0 bridgehead atoms. The molecule has 0 unspecified atom stereocenters. The summed E-state index contributed by atoms with van der Waals surface area (Å²) in [6, 6.07) is 10.5. The Balaban J connectivity index is 2.56. The fourth-order valence-corrected chi connectivity index (χ4v) is 1.75. The summed E-state index contributed by atoms with van der Waals surface area (Å²) >= 11 is 0. The second-order valence-corrected chi connectivity index (χ2v) is 3.44. The van der Waals surface area contributed by atoms with Crippen molar-refractivity contribution in [3.8, 4) is 11.5 Å². The van der Waals surface area contributed by atoms with Gasteiger partial charge in [0.25, 0.3) is 0 Å². The summed E-state index contributed by atoms with van der Waals surface area (Å²) in [4.78, 5) is 0. The van der Waals surface area contributed by atoms with Crippen LogP contribution < -0.4 is 0 Å². The van der Waals surface area contributed by atoms with Crippen LogP contribution in [0.2, 0.25) is 0 Å². The molecule has 0 amide bonds. The number of rotatable bonds is 0. The lowest BCUT2D eigenvalue weighted by Crippen LogP contribution is -1.69. The van der Waals surface area contributed by atoms with Gasteiger partial charge in [-0.2, -0.15) is 0 Å². The Labute approximate surface area is 85.2 Å². The fourth-order valence-electron chi connectivity index (χ4n) is 1.75. The van der Waals surface area contributed by atoms with Gasteiger partial charge in [0.1, 0.15) is 11.2 Å². The molecule has 1 aromatic heterocycles. The predicted molar refractivity (Wildman–Crippen MR) is 57.0 cm³/mol. The van der Waals surface area contributed by atoms with E-state index in [1.807, 2.05) is 24.3 Å². The van der Waals surface area contributed by atoms with E-state index in [2.05, 4.69) is 0 Å². The quantitative estimate of drug-likeness (QED) is 0.548. The van der Waals surface area contributed by atoms with Crippen molar-refractivity contribution in [2.24, 2.45) is 0 Å². The molecule has 3 aromatic rings. The molecule has 0 atom stereocenters. The van der Waals surface area contributed by atoms with E-state index in [0.29, 0.717) is 5.58 Å². The number of phenolic OH excluding ortho intramolecular Hbond substituents is 2. The first-order valence-electron chi connectivity index (χ1n) is 4.59. The first kappa shape index (κ1) is 8.17. The third-order valence-corrected chi connectivity index (χ3v) is 2.47. The SMILES string of the molecule is Oc1cc2oc3ccccc3c2cc1O. The molecular formula is C12H8O3. The maximum atomic E-state index is 9.40. The molecule has 2 aromatic carbocycles. The van der Waals surface area contributed by atoms with E-state index in [0.717, 1.165) is 16.4 Å². The second kappa shape index (κ2) is 2.67. The first-order chi connectivity index (χ1) is 7.25. The lowest BCUT2D eigenvalue weighted by molar-refractivity contribution is 0.404. The van der Waals surface area contributed by atoms with Crippen molar-refractivity contribution in [2.45, 2.75) is 0 Å². The molecule has 3 heteroatoms. The predicted octanol–water partition coefficient (Wildman–Crippen LogP) is 3.00. The first-order valence-corrected chi connectivity index (χ1v) is 4.59. The molecule has 0 aliphatic heterocycles. The van der Waals surface area contributed by atoms with Crippen LogP contribution in [-0.2, 0) is 0 Å². The highest BCUT2D eigenvalue weighted by atomic mass is 16.3. The summed E-state index contributed by atoms with van der Waals surface area (Å²) in [7, 11) is 0. The molecule has 3 rings (SSSR count). The van der Waals surface area contributed by atoms with E-state index < -0.39 is 0 Å². The van der Waals surface area contributed by atoms with Crippen LogP contribution in [0.4, 0.5) is 0 Å². The molecule has 0 saturated carbocycles. The second-order valence-electron chi connectivity index (χ2n) is 3.44. The molecule has 2 N–H and O–H groups in total. The molecule has 3 nitrogen and oxygen atoms in total. The highest BCUT2D eigenvalue weighted by Crippen LogP contribution is 2.35. The van der Waals surface area contributed by atoms with E-state index in [-0.39, 0.29) is 11.5 Å². The van der Waals surface area contributed by atoms with Gasteiger partial charge in [-0.15, -0.1) is 0 Å². The van der Waals surface area contributed by atoms with Gasteiger partial charge >= 0.3 is 0 Å². The Morgan fingerprint density at radius 3 is 2.40 bits per heavy atom. The Kier molecular flexibility index (Phi) is 1.45. The van der Waals surface area contributed by atoms with E-state index >= 15 is 0 Å². The maximum Gasteiger partial charge on any atom is 0.161 e. The Morgan fingerprint density at radius 1 is 0.800 bits per heavy atom. The number of fused-ring (bicyclic) bond motifs is 3. The minimum atomic E-state index is -0.165. The van der Waals surface area contributed by atoms with Crippen molar-refractivity contribution in [2.75, 3.05) is 0 Å². The standard InChI is InChI=1S/C12H8O3/c13-9-5-8-7-3-1-2-4-11(7)15-12(8)6-10(9)14/h1-6,13-14H. The smallest absolute Gasteiger partial charge is 0.161 e. The number of para-hydroxylation sites is 1. The monoisotopic (exact) mass is 200 g/mol. The van der Waals surface area contributed by atoms with Crippen LogP contribution in [0.15, 0.2) is 40.8 Å². The number of hydrogen-bond donors (Lipinski definition) is 2. The van der Waals surface area contributed by atoms with Gasteiger partial charge in [-0.3, -0.25) is 0 Å².